The van der Waals surface area contributed by atoms with E-state index in [4.69, 9.17) is 15.2 Å². The lowest BCUT2D eigenvalue weighted by molar-refractivity contribution is -0.122. The molecule has 8 heteroatoms. The number of carbonyl (C=O) groups excluding carboxylic acids is 2. The number of nitrogens with two attached hydrogens (primary N) is 1. The van der Waals surface area contributed by atoms with Gasteiger partial charge in [0.2, 0.25) is 11.8 Å². The molecule has 1 aromatic heterocycles. The zero-order valence-electron chi connectivity index (χ0n) is 14.1. The molecule has 2 aliphatic rings. The van der Waals surface area contributed by atoms with Crippen LogP contribution in [0, 0.1) is 17.8 Å². The number of pyridine rings is 1. The molecule has 4 atom stereocenters. The van der Waals surface area contributed by atoms with E-state index in [2.05, 4.69) is 10.3 Å². The predicted molar refractivity (Wildman–Crippen MR) is 91.8 cm³/mol. The molecule has 136 valence electrons. The molecular weight excluding hydrogens is 338 g/mol. The van der Waals surface area contributed by atoms with Gasteiger partial charge in [-0.3, -0.25) is 9.59 Å². The number of primary amides is 1. The highest BCUT2D eigenvalue weighted by Crippen LogP contribution is 2.52. The standard InChI is InChI=1S/C18H19N3O5/c1-25-13-5-9-8(4-10(13)16(19)23)2-3-20-18(9)26-7-12-14-11(6-22)15(14)17(24)21-12/h2-5,11-12,14-15,22H,6-7H2,1H3,(H2,19,23)(H,21,24)/t11-,12-,14-,15-/m1/s1. The fourth-order valence-electron chi connectivity index (χ4n) is 3.90. The number of fused-ring (bicyclic) bond motifs is 2. The van der Waals surface area contributed by atoms with E-state index in [0.29, 0.717) is 17.0 Å². The topological polar surface area (TPSA) is 124 Å². The number of piperidine rings is 1. The van der Waals surface area contributed by atoms with Gasteiger partial charge in [-0.05, 0) is 29.5 Å². The van der Waals surface area contributed by atoms with Gasteiger partial charge in [-0.1, -0.05) is 0 Å². The Hall–Kier alpha value is -2.87. The number of nitrogens with one attached hydrogen (secondary N) is 1. The zero-order valence-corrected chi connectivity index (χ0v) is 14.1. The van der Waals surface area contributed by atoms with Crippen molar-refractivity contribution in [3.8, 4) is 11.6 Å². The number of benzene rings is 1. The molecule has 1 saturated heterocycles. The van der Waals surface area contributed by atoms with Gasteiger partial charge in [0.25, 0.3) is 5.91 Å². The maximum Gasteiger partial charge on any atom is 0.252 e. The second kappa shape index (κ2) is 6.14. The molecule has 1 aliphatic carbocycles. The monoisotopic (exact) mass is 357 g/mol. The average Bonchev–Trinajstić information content (AvgIpc) is 3.29. The summed E-state index contributed by atoms with van der Waals surface area (Å²) in [6, 6.07) is 4.92. The third-order valence-electron chi connectivity index (χ3n) is 5.25. The number of hydrogen-bond donors (Lipinski definition) is 3. The van der Waals surface area contributed by atoms with Crippen molar-refractivity contribution < 1.29 is 24.2 Å². The first-order valence-corrected chi connectivity index (χ1v) is 8.35. The molecule has 2 fully saturated rings. The van der Waals surface area contributed by atoms with Gasteiger partial charge >= 0.3 is 0 Å². The van der Waals surface area contributed by atoms with Crippen molar-refractivity contribution in [2.75, 3.05) is 20.3 Å². The van der Waals surface area contributed by atoms with Crippen LogP contribution in [0.3, 0.4) is 0 Å². The van der Waals surface area contributed by atoms with Crippen LogP contribution in [0.15, 0.2) is 24.4 Å². The number of hydrogen-bond acceptors (Lipinski definition) is 6. The molecule has 0 unspecified atom stereocenters. The Morgan fingerprint density at radius 1 is 1.42 bits per heavy atom. The van der Waals surface area contributed by atoms with E-state index in [1.165, 1.54) is 7.11 Å². The van der Waals surface area contributed by atoms with Crippen molar-refractivity contribution in [3.05, 3.63) is 30.0 Å². The Labute approximate surface area is 149 Å². The van der Waals surface area contributed by atoms with Crippen molar-refractivity contribution in [2.24, 2.45) is 23.5 Å². The maximum absolute atomic E-state index is 11.9. The lowest BCUT2D eigenvalue weighted by Gasteiger charge is -2.17. The number of ether oxygens (including phenoxy) is 2. The summed E-state index contributed by atoms with van der Waals surface area (Å²) < 4.78 is 11.1. The summed E-state index contributed by atoms with van der Waals surface area (Å²) in [5.74, 6) is 0.157. The number of amides is 2. The van der Waals surface area contributed by atoms with Crippen molar-refractivity contribution in [1.82, 2.24) is 10.3 Å². The van der Waals surface area contributed by atoms with E-state index >= 15 is 0 Å². The molecule has 1 aliphatic heterocycles. The van der Waals surface area contributed by atoms with E-state index < -0.39 is 5.91 Å². The largest absolute Gasteiger partial charge is 0.496 e. The third-order valence-corrected chi connectivity index (χ3v) is 5.25. The van der Waals surface area contributed by atoms with Crippen LogP contribution in [-0.4, -0.2) is 48.3 Å². The number of aliphatic hydroxyl groups is 1. The molecule has 0 spiro atoms. The van der Waals surface area contributed by atoms with Crippen molar-refractivity contribution in [1.29, 1.82) is 0 Å². The smallest absolute Gasteiger partial charge is 0.252 e. The summed E-state index contributed by atoms with van der Waals surface area (Å²) in [4.78, 5) is 27.7. The van der Waals surface area contributed by atoms with Crippen LogP contribution < -0.4 is 20.5 Å². The summed E-state index contributed by atoms with van der Waals surface area (Å²) in [5, 5.41) is 13.6. The quantitative estimate of drug-likeness (QED) is 0.672. The predicted octanol–water partition coefficient (Wildman–Crippen LogP) is 0.0740. The molecule has 2 amide bonds. The zero-order chi connectivity index (χ0) is 18.4. The fourth-order valence-corrected chi connectivity index (χ4v) is 3.90. The Kier molecular flexibility index (Phi) is 3.91. The second-order valence-electron chi connectivity index (χ2n) is 6.63. The highest BCUT2D eigenvalue weighted by molar-refractivity contribution is 6.01. The molecule has 2 aromatic rings. The minimum atomic E-state index is -0.577. The van der Waals surface area contributed by atoms with E-state index in [-0.39, 0.29) is 48.5 Å². The molecule has 26 heavy (non-hydrogen) atoms. The van der Waals surface area contributed by atoms with E-state index in [0.717, 1.165) is 5.39 Å². The Morgan fingerprint density at radius 2 is 2.23 bits per heavy atom. The van der Waals surface area contributed by atoms with Gasteiger partial charge in [-0.2, -0.15) is 0 Å². The Balaban J connectivity index is 1.59. The summed E-state index contributed by atoms with van der Waals surface area (Å²) in [6.45, 7) is 0.272. The molecule has 1 saturated carbocycles. The number of nitrogens with zero attached hydrogens (tertiary/aromatic N) is 1. The first kappa shape index (κ1) is 16.6. The van der Waals surface area contributed by atoms with Crippen LogP contribution in [0.4, 0.5) is 0 Å². The highest BCUT2D eigenvalue weighted by Gasteiger charge is 2.63. The van der Waals surface area contributed by atoms with Gasteiger partial charge in [0.05, 0.1) is 18.7 Å². The van der Waals surface area contributed by atoms with Crippen LogP contribution in [0.1, 0.15) is 10.4 Å². The number of rotatable bonds is 6. The van der Waals surface area contributed by atoms with Crippen molar-refractivity contribution in [2.45, 2.75) is 6.04 Å². The van der Waals surface area contributed by atoms with Gasteiger partial charge in [0.1, 0.15) is 12.4 Å². The number of aliphatic hydroxyl groups excluding tert-OH is 1. The normalized spacial score (nSPS) is 26.3. The summed E-state index contributed by atoms with van der Waals surface area (Å²) in [5.41, 5.74) is 5.68. The molecule has 4 N–H and O–H groups in total. The van der Waals surface area contributed by atoms with Gasteiger partial charge in [-0.15, -0.1) is 0 Å². The van der Waals surface area contributed by atoms with E-state index in [9.17, 15) is 14.7 Å². The van der Waals surface area contributed by atoms with Crippen LogP contribution in [0.5, 0.6) is 11.6 Å². The van der Waals surface area contributed by atoms with Crippen molar-refractivity contribution >= 4 is 22.6 Å². The van der Waals surface area contributed by atoms with Gasteiger partial charge in [-0.25, -0.2) is 4.98 Å². The van der Waals surface area contributed by atoms with Gasteiger partial charge in [0, 0.05) is 30.0 Å². The molecule has 1 aromatic carbocycles. The average molecular weight is 357 g/mol. The lowest BCUT2D eigenvalue weighted by Crippen LogP contribution is -2.37. The van der Waals surface area contributed by atoms with Gasteiger partial charge < -0.3 is 25.6 Å². The molecule has 8 nitrogen and oxygen atoms in total. The van der Waals surface area contributed by atoms with E-state index in [1.54, 1.807) is 24.4 Å². The number of carbonyl (C=O) groups is 2. The SMILES string of the molecule is COc1cc2c(OC[C@H]3NC(=O)[C@@H]4[C@H](CO)[C@@H]43)nccc2cc1C(N)=O. The fraction of sp³-hybridized carbons (Fsp3) is 0.389. The van der Waals surface area contributed by atoms with Crippen LogP contribution in [0.2, 0.25) is 0 Å². The maximum atomic E-state index is 11.9. The minimum absolute atomic E-state index is 0.0128. The first-order valence-electron chi connectivity index (χ1n) is 8.35. The third kappa shape index (κ3) is 2.53. The number of aromatic nitrogens is 1. The molecule has 2 heterocycles. The Bertz CT molecular complexity index is 900. The van der Waals surface area contributed by atoms with Gasteiger partial charge in [0.15, 0.2) is 0 Å². The molecule has 0 radical (unpaired) electrons. The molecule has 4 rings (SSSR count). The first-order chi connectivity index (χ1) is 12.5. The van der Waals surface area contributed by atoms with Crippen LogP contribution in [0.25, 0.3) is 10.8 Å². The Morgan fingerprint density at radius 3 is 2.88 bits per heavy atom. The minimum Gasteiger partial charge on any atom is -0.496 e. The summed E-state index contributed by atoms with van der Waals surface area (Å²) in [6.07, 6.45) is 1.58. The summed E-state index contributed by atoms with van der Waals surface area (Å²) >= 11 is 0. The second-order valence-corrected chi connectivity index (χ2v) is 6.63. The van der Waals surface area contributed by atoms with E-state index in [1.807, 2.05) is 0 Å². The molecular formula is C18H19N3O5. The summed E-state index contributed by atoms with van der Waals surface area (Å²) in [7, 11) is 1.46. The highest BCUT2D eigenvalue weighted by atomic mass is 16.5. The lowest BCUT2D eigenvalue weighted by atomic mass is 10.1. The van der Waals surface area contributed by atoms with Crippen molar-refractivity contribution in [3.63, 3.8) is 0 Å². The molecule has 0 bridgehead atoms. The van der Waals surface area contributed by atoms with Crippen LogP contribution >= 0.6 is 0 Å². The number of methoxy groups -OCH3 is 1. The van der Waals surface area contributed by atoms with Crippen LogP contribution in [-0.2, 0) is 4.79 Å².